The minimum Gasteiger partial charge on any atom is -0.437 e. The molecule has 0 aliphatic carbocycles. The van der Waals surface area contributed by atoms with Gasteiger partial charge in [0, 0.05) is 123 Å². The highest BCUT2D eigenvalue weighted by molar-refractivity contribution is 6.27. The van der Waals surface area contributed by atoms with Gasteiger partial charge in [0.2, 0.25) is 45.6 Å². The molecule has 12 nitrogen and oxygen atoms in total. The summed E-state index contributed by atoms with van der Waals surface area (Å²) in [5, 5.41) is 17.7. The Labute approximate surface area is 755 Å². The van der Waals surface area contributed by atoms with Crippen molar-refractivity contribution in [1.29, 1.82) is 0 Å². The van der Waals surface area contributed by atoms with E-state index in [4.69, 9.17) is 30.9 Å². The first-order chi connectivity index (χ1) is 65.3. The van der Waals surface area contributed by atoms with Crippen LogP contribution in [0.1, 0.15) is 58.4 Å². The van der Waals surface area contributed by atoms with E-state index in [1.807, 2.05) is 164 Å². The number of aromatic nitrogens is 8. The molecule has 24 aromatic rings. The molecule has 622 valence electrons. The number of nitrogens with zero attached hydrogens (tertiary/aromatic N) is 8. The highest BCUT2D eigenvalue weighted by Crippen LogP contribution is 2.49. The summed E-state index contributed by atoms with van der Waals surface area (Å²) in [6, 6.07) is 99.7. The minimum absolute atomic E-state index is 0.316. The van der Waals surface area contributed by atoms with Gasteiger partial charge in [-0.2, -0.15) is 0 Å². The summed E-state index contributed by atoms with van der Waals surface area (Å²) in [7, 11) is 7.97. The lowest BCUT2D eigenvalue weighted by Gasteiger charge is -2.13. The monoisotopic (exact) mass is 1680 g/mol. The maximum Gasteiger partial charge on any atom is 0.227 e. The molecule has 12 heterocycles. The smallest absolute Gasteiger partial charge is 0.227 e. The summed E-state index contributed by atoms with van der Waals surface area (Å²) in [5.41, 5.74) is 30.4. The molecule has 0 aliphatic rings. The van der Waals surface area contributed by atoms with Crippen LogP contribution in [0.25, 0.3) is 221 Å². The zero-order chi connectivity index (χ0) is 93.1. The quantitative estimate of drug-likeness (QED) is 0.138. The van der Waals surface area contributed by atoms with Gasteiger partial charge in [-0.15, -0.1) is 0 Å². The lowest BCUT2D eigenvalue weighted by molar-refractivity contribution is -0.660. The highest BCUT2D eigenvalue weighted by atomic mass is 16.4. The third-order valence-corrected chi connectivity index (χ3v) is 25.7. The van der Waals surface area contributed by atoms with E-state index in [1.54, 1.807) is 31.0 Å². The average molecular weight is 1680 g/mol. The predicted octanol–water partition coefficient (Wildman–Crippen LogP) is 27.9. The van der Waals surface area contributed by atoms with E-state index in [1.165, 1.54) is 60.5 Å². The number of pyridine rings is 8. The molecular formula is C117H94N8O4+4. The van der Waals surface area contributed by atoms with Crippen molar-refractivity contribution in [2.75, 3.05) is 0 Å². The standard InChI is InChI=1S/C30H25N2O.3C29H23N2O/c1-18-11-13-21(14-12-18)25-16-26(32(4)17-19(25)2)27-20(3)22-8-5-6-9-23(22)28-24-10-7-15-31-30(24)33-29(27)28;1-18-10-12-20(13-11-18)21-14-16-31(3)25(17-21)26-19(2)22-7-4-5-8-23(22)27-24-9-6-15-30-29(24)32-28(26)27;1-18-17-31(3)25(16-24(18)20-10-5-4-6-11-20)26-19(2)21-12-7-8-13-22(21)27-23-14-9-15-30-29(23)32-28(26)27;1-18-13-14-24-27-23-12-8-7-11-22(23)19(2)26(28(27)32-29(24)30-18)25-17-21(15-16-31(25)3)20-9-5-4-6-10-20/h5-17H,1-4H3;3*4-17H,1-3H3/q4*+1/i2D3;;1D3;. The van der Waals surface area contributed by atoms with E-state index >= 15 is 0 Å². The van der Waals surface area contributed by atoms with E-state index in [2.05, 4.69) is 249 Å². The van der Waals surface area contributed by atoms with Crippen molar-refractivity contribution in [2.45, 2.75) is 62.2 Å². The van der Waals surface area contributed by atoms with E-state index in [-0.39, 0.29) is 0 Å². The molecule has 0 unspecified atom stereocenters. The van der Waals surface area contributed by atoms with Crippen LogP contribution in [-0.4, -0.2) is 19.9 Å². The number of furan rings is 4. The fraction of sp³-hybridized carbons (Fsp3) is 0.111. The molecule has 0 atom stereocenters. The Morgan fingerprint density at radius 2 is 0.550 bits per heavy atom. The molecule has 0 radical (unpaired) electrons. The molecule has 129 heavy (non-hydrogen) atoms. The van der Waals surface area contributed by atoms with Gasteiger partial charge in [0.15, 0.2) is 47.1 Å². The Bertz CT molecular complexity index is 8900. The summed E-state index contributed by atoms with van der Waals surface area (Å²) in [6.07, 6.45) is 13.0. The second-order valence-corrected chi connectivity index (χ2v) is 33.8. The topological polar surface area (TPSA) is 120 Å². The van der Waals surface area contributed by atoms with E-state index < -0.39 is 13.7 Å². The van der Waals surface area contributed by atoms with Crippen molar-refractivity contribution in [2.24, 2.45) is 28.2 Å². The van der Waals surface area contributed by atoms with Gasteiger partial charge in [-0.25, -0.2) is 38.2 Å². The molecule has 0 spiro atoms. The lowest BCUT2D eigenvalue weighted by atomic mass is 9.91. The maximum atomic E-state index is 8.22. The predicted molar refractivity (Wildman–Crippen MR) is 527 cm³/mol. The second kappa shape index (κ2) is 32.6. The van der Waals surface area contributed by atoms with Crippen LogP contribution in [-0.2, 0) is 28.2 Å². The molecule has 12 aromatic heterocycles. The van der Waals surface area contributed by atoms with Crippen molar-refractivity contribution >= 4 is 131 Å². The summed E-state index contributed by atoms with van der Waals surface area (Å²) in [5.74, 6) is 0. The van der Waals surface area contributed by atoms with Crippen molar-refractivity contribution < 1.29 is 44.2 Å². The van der Waals surface area contributed by atoms with Crippen molar-refractivity contribution in [1.82, 2.24) is 19.9 Å². The zero-order valence-electron chi connectivity index (χ0n) is 79.5. The second-order valence-electron chi connectivity index (χ2n) is 33.8. The van der Waals surface area contributed by atoms with Gasteiger partial charge in [0.05, 0.1) is 22.3 Å². The van der Waals surface area contributed by atoms with E-state index in [0.29, 0.717) is 45.1 Å². The zero-order valence-corrected chi connectivity index (χ0v) is 73.5. The summed E-state index contributed by atoms with van der Waals surface area (Å²) in [6.45, 7) is 10.2. The van der Waals surface area contributed by atoms with Crippen LogP contribution in [0.5, 0.6) is 0 Å². The fourth-order valence-corrected chi connectivity index (χ4v) is 19.2. The number of rotatable bonds is 8. The van der Waals surface area contributed by atoms with Gasteiger partial charge in [-0.05, 0) is 221 Å². The van der Waals surface area contributed by atoms with E-state index in [0.717, 1.165) is 166 Å². The Balaban J connectivity index is 0.000000108. The first-order valence-corrected chi connectivity index (χ1v) is 43.4. The number of aryl methyl sites for hydroxylation is 13. The third-order valence-electron chi connectivity index (χ3n) is 25.7. The van der Waals surface area contributed by atoms with Crippen LogP contribution < -0.4 is 18.3 Å². The Morgan fingerprint density at radius 3 is 0.915 bits per heavy atom. The molecule has 0 aliphatic heterocycles. The minimum atomic E-state index is -2.26. The third kappa shape index (κ3) is 13.9. The first kappa shape index (κ1) is 73.4. The van der Waals surface area contributed by atoms with Crippen LogP contribution in [0, 0.1) is 62.2 Å². The summed E-state index contributed by atoms with van der Waals surface area (Å²) < 4.78 is 83.1. The van der Waals surface area contributed by atoms with Crippen molar-refractivity contribution in [3.8, 4) is 89.5 Å². The van der Waals surface area contributed by atoms with Crippen molar-refractivity contribution in [3.05, 3.63) is 385 Å². The summed E-state index contributed by atoms with van der Waals surface area (Å²) >= 11 is 0. The first-order valence-electron chi connectivity index (χ1n) is 46.4. The Kier molecular flexibility index (Phi) is 18.5. The number of hydrogen-bond donors (Lipinski definition) is 0. The molecule has 0 fully saturated rings. The Hall–Kier alpha value is -15.9. The van der Waals surface area contributed by atoms with Crippen molar-refractivity contribution in [3.63, 3.8) is 0 Å². The van der Waals surface area contributed by atoms with Crippen LogP contribution in [0.4, 0.5) is 0 Å². The highest BCUT2D eigenvalue weighted by Gasteiger charge is 2.32. The fourth-order valence-electron chi connectivity index (χ4n) is 19.2. The lowest BCUT2D eigenvalue weighted by Crippen LogP contribution is -2.31. The van der Waals surface area contributed by atoms with Gasteiger partial charge in [-0.1, -0.05) is 217 Å². The molecule has 0 amide bonds. The molecule has 24 rings (SSSR count). The molecule has 0 saturated heterocycles. The number of benzene rings is 12. The average Bonchev–Trinajstić information content (AvgIpc) is 1.70. The number of hydrogen-bond acceptors (Lipinski definition) is 8. The van der Waals surface area contributed by atoms with Crippen LogP contribution in [0.2, 0.25) is 0 Å². The molecular weight excluding hydrogens is 1580 g/mol. The van der Waals surface area contributed by atoms with Crippen LogP contribution in [0.15, 0.2) is 352 Å². The number of fused-ring (bicyclic) bond motifs is 20. The van der Waals surface area contributed by atoms with Gasteiger partial charge >= 0.3 is 0 Å². The SMILES string of the molecule is Cc1ccc(-c2cc[n+](C)c(-c3c(C)c4ccccc4c4c3oc3ncccc34)c2)cc1.Cc1ccc2c(n1)oc1c(-c3cc(-c4ccccc4)cc[n+]3C)c(C)c3ccccc3c12.[2H]C([2H])([2H])c1c[n+](C)c(-c2c(C)c3ccccc3c3c2oc2ncccc23)cc1-c1ccc(C)cc1.[2H]C([2H])([2H])c1c[n+](C)c(-c2c(C)c3ccccc3c3c2oc2ncccc23)cc1-c1ccccc1. The summed E-state index contributed by atoms with van der Waals surface area (Å²) in [4.78, 5) is 18.2. The van der Waals surface area contributed by atoms with Gasteiger partial charge in [0.1, 0.15) is 28.2 Å². The van der Waals surface area contributed by atoms with E-state index in [9.17, 15) is 0 Å². The van der Waals surface area contributed by atoms with Gasteiger partial charge in [-0.3, -0.25) is 0 Å². The van der Waals surface area contributed by atoms with Gasteiger partial charge in [0.25, 0.3) is 0 Å². The molecule has 12 heteroatoms. The Morgan fingerprint density at radius 1 is 0.256 bits per heavy atom. The molecule has 12 aromatic carbocycles. The molecule has 0 saturated carbocycles. The maximum absolute atomic E-state index is 8.22. The molecule has 0 N–H and O–H groups in total. The van der Waals surface area contributed by atoms with Crippen LogP contribution in [0.3, 0.4) is 0 Å². The van der Waals surface area contributed by atoms with Crippen LogP contribution >= 0.6 is 0 Å². The largest absolute Gasteiger partial charge is 0.437 e. The van der Waals surface area contributed by atoms with Gasteiger partial charge < -0.3 is 17.7 Å². The normalized spacial score (nSPS) is 12.5. The molecule has 0 bridgehead atoms.